The maximum Gasteiger partial charge on any atom is 0.303 e. The number of para-hydroxylation sites is 1. The molecule has 0 unspecified atom stereocenters. The number of nitrogens with zero attached hydrogens (tertiary/aromatic N) is 2. The topological polar surface area (TPSA) is 74.6 Å². The van der Waals surface area contributed by atoms with Crippen molar-refractivity contribution >= 4 is 29.0 Å². The Morgan fingerprint density at radius 1 is 1.18 bits per heavy atom. The molecule has 5 nitrogen and oxygen atoms in total. The predicted molar refractivity (Wildman–Crippen MR) is 87.3 cm³/mol. The molecule has 2 rings (SSSR count). The highest BCUT2D eigenvalue weighted by molar-refractivity contribution is 6.33. The van der Waals surface area contributed by atoms with Gasteiger partial charge in [-0.15, -0.1) is 0 Å². The molecule has 0 saturated carbocycles. The van der Waals surface area contributed by atoms with Crippen LogP contribution in [0.4, 0.5) is 5.69 Å². The summed E-state index contributed by atoms with van der Waals surface area (Å²) in [5.74, 6) is -0.820. The lowest BCUT2D eigenvalue weighted by atomic mass is 10.1. The second-order valence-electron chi connectivity index (χ2n) is 4.61. The van der Waals surface area contributed by atoms with Crippen LogP contribution >= 0.6 is 11.6 Å². The fourth-order valence-corrected chi connectivity index (χ4v) is 2.04. The van der Waals surface area contributed by atoms with Crippen molar-refractivity contribution in [3.8, 4) is 0 Å². The van der Waals surface area contributed by atoms with Gasteiger partial charge < -0.3 is 5.11 Å². The first-order chi connectivity index (χ1) is 10.7. The number of aliphatic carboxylic acids is 1. The molecule has 0 fully saturated rings. The third kappa shape index (κ3) is 4.86. The summed E-state index contributed by atoms with van der Waals surface area (Å²) in [6.45, 7) is 0. The molecule has 1 aromatic carbocycles. The molecule has 1 heterocycles. The van der Waals surface area contributed by atoms with Gasteiger partial charge in [0.1, 0.15) is 0 Å². The van der Waals surface area contributed by atoms with Gasteiger partial charge in [0.25, 0.3) is 0 Å². The Bertz CT molecular complexity index is 659. The van der Waals surface area contributed by atoms with Crippen LogP contribution in [0.1, 0.15) is 25.0 Å². The zero-order valence-electron chi connectivity index (χ0n) is 11.9. The van der Waals surface area contributed by atoms with E-state index in [1.54, 1.807) is 12.3 Å². The second kappa shape index (κ2) is 8.14. The van der Waals surface area contributed by atoms with Gasteiger partial charge in [-0.05, 0) is 37.1 Å². The molecule has 1 aromatic heterocycles. The molecule has 0 radical (unpaired) electrons. The van der Waals surface area contributed by atoms with E-state index in [0.717, 1.165) is 0 Å². The molecule has 0 aliphatic carbocycles. The first kappa shape index (κ1) is 16.0. The summed E-state index contributed by atoms with van der Waals surface area (Å²) in [6, 6.07) is 12.8. The molecule has 0 aliphatic heterocycles. The number of hydrogen-bond acceptors (Lipinski definition) is 4. The van der Waals surface area contributed by atoms with Gasteiger partial charge in [0.15, 0.2) is 0 Å². The van der Waals surface area contributed by atoms with Crippen molar-refractivity contribution in [2.45, 2.75) is 19.3 Å². The van der Waals surface area contributed by atoms with E-state index in [1.807, 2.05) is 36.4 Å². The Morgan fingerprint density at radius 2 is 1.95 bits per heavy atom. The van der Waals surface area contributed by atoms with E-state index in [1.165, 1.54) is 0 Å². The number of nitrogens with one attached hydrogen (secondary N) is 1. The lowest BCUT2D eigenvalue weighted by molar-refractivity contribution is -0.137. The standard InChI is InChI=1S/C16H16ClN3O2/c17-12-6-1-2-7-13(12)19-20-15(9-5-10-16(21)22)14-8-3-4-11-18-14/h1-4,6-8,11,19H,5,9-10H2,(H,21,22). The Hall–Kier alpha value is -2.40. The van der Waals surface area contributed by atoms with Crippen molar-refractivity contribution in [3.05, 3.63) is 59.4 Å². The first-order valence-electron chi connectivity index (χ1n) is 6.87. The van der Waals surface area contributed by atoms with Crippen molar-refractivity contribution < 1.29 is 9.90 Å². The number of carboxylic acids is 1. The average Bonchev–Trinajstić information content (AvgIpc) is 2.52. The third-order valence-electron chi connectivity index (χ3n) is 2.95. The van der Waals surface area contributed by atoms with E-state index >= 15 is 0 Å². The van der Waals surface area contributed by atoms with Crippen LogP contribution in [-0.2, 0) is 4.79 Å². The van der Waals surface area contributed by atoms with E-state index in [4.69, 9.17) is 16.7 Å². The zero-order valence-corrected chi connectivity index (χ0v) is 12.6. The van der Waals surface area contributed by atoms with Gasteiger partial charge in [0, 0.05) is 12.6 Å². The normalized spacial score (nSPS) is 11.2. The molecular formula is C16H16ClN3O2. The number of carbonyl (C=O) groups is 1. The molecular weight excluding hydrogens is 302 g/mol. The van der Waals surface area contributed by atoms with Crippen LogP contribution in [-0.4, -0.2) is 21.8 Å². The molecule has 0 aliphatic rings. The van der Waals surface area contributed by atoms with E-state index in [9.17, 15) is 4.79 Å². The van der Waals surface area contributed by atoms with Crippen LogP contribution in [0.2, 0.25) is 5.02 Å². The van der Waals surface area contributed by atoms with Gasteiger partial charge in [-0.3, -0.25) is 15.2 Å². The monoisotopic (exact) mass is 317 g/mol. The van der Waals surface area contributed by atoms with Crippen molar-refractivity contribution in [1.29, 1.82) is 0 Å². The van der Waals surface area contributed by atoms with E-state index in [2.05, 4.69) is 15.5 Å². The summed E-state index contributed by atoms with van der Waals surface area (Å²) in [4.78, 5) is 14.9. The van der Waals surface area contributed by atoms with Crippen molar-refractivity contribution in [1.82, 2.24) is 4.98 Å². The van der Waals surface area contributed by atoms with Crippen LogP contribution in [0.15, 0.2) is 53.8 Å². The van der Waals surface area contributed by atoms with Gasteiger partial charge in [0.2, 0.25) is 0 Å². The number of rotatable bonds is 7. The largest absolute Gasteiger partial charge is 0.481 e. The minimum atomic E-state index is -0.820. The van der Waals surface area contributed by atoms with Crippen LogP contribution in [0.25, 0.3) is 0 Å². The minimum absolute atomic E-state index is 0.0952. The smallest absolute Gasteiger partial charge is 0.303 e. The number of hydrogen-bond donors (Lipinski definition) is 2. The molecule has 6 heteroatoms. The van der Waals surface area contributed by atoms with Gasteiger partial charge in [-0.25, -0.2) is 0 Å². The summed E-state index contributed by atoms with van der Waals surface area (Å²) in [5.41, 5.74) is 5.02. The van der Waals surface area contributed by atoms with E-state index in [-0.39, 0.29) is 6.42 Å². The molecule has 2 N–H and O–H groups in total. The summed E-state index contributed by atoms with van der Waals surface area (Å²) < 4.78 is 0. The third-order valence-corrected chi connectivity index (χ3v) is 3.28. The van der Waals surface area contributed by atoms with Crippen LogP contribution in [0, 0.1) is 0 Å². The average molecular weight is 318 g/mol. The van der Waals surface area contributed by atoms with Crippen LogP contribution < -0.4 is 5.43 Å². The molecule has 0 bridgehead atoms. The van der Waals surface area contributed by atoms with Crippen LogP contribution in [0.5, 0.6) is 0 Å². The fourth-order valence-electron chi connectivity index (χ4n) is 1.86. The van der Waals surface area contributed by atoms with Gasteiger partial charge in [-0.2, -0.15) is 5.10 Å². The summed E-state index contributed by atoms with van der Waals surface area (Å²) >= 11 is 6.07. The Labute approximate surface area is 133 Å². The molecule has 0 saturated heterocycles. The van der Waals surface area contributed by atoms with Crippen molar-refractivity contribution in [2.75, 3.05) is 5.43 Å². The molecule has 0 atom stereocenters. The van der Waals surface area contributed by atoms with E-state index < -0.39 is 5.97 Å². The molecule has 2 aromatic rings. The van der Waals surface area contributed by atoms with Crippen molar-refractivity contribution in [2.24, 2.45) is 5.10 Å². The SMILES string of the molecule is O=C(O)CCCC(=NNc1ccccc1Cl)c1ccccn1. The van der Waals surface area contributed by atoms with Gasteiger partial charge in [-0.1, -0.05) is 29.8 Å². The number of anilines is 1. The van der Waals surface area contributed by atoms with Gasteiger partial charge >= 0.3 is 5.97 Å². The lowest BCUT2D eigenvalue weighted by Gasteiger charge is -2.08. The Balaban J connectivity index is 2.14. The van der Waals surface area contributed by atoms with Crippen LogP contribution in [0.3, 0.4) is 0 Å². The summed E-state index contributed by atoms with van der Waals surface area (Å²) in [7, 11) is 0. The molecule has 0 amide bonds. The van der Waals surface area contributed by atoms with Gasteiger partial charge in [0.05, 0.1) is 22.1 Å². The second-order valence-corrected chi connectivity index (χ2v) is 5.02. The number of benzene rings is 1. The number of aromatic nitrogens is 1. The quantitative estimate of drug-likeness (QED) is 0.601. The summed E-state index contributed by atoms with van der Waals surface area (Å²) in [5, 5.41) is 13.7. The summed E-state index contributed by atoms with van der Waals surface area (Å²) in [6.07, 6.45) is 2.78. The zero-order chi connectivity index (χ0) is 15.8. The molecule has 114 valence electrons. The Morgan fingerprint density at radius 3 is 2.64 bits per heavy atom. The van der Waals surface area contributed by atoms with E-state index in [0.29, 0.717) is 35.0 Å². The molecule has 0 spiro atoms. The maximum atomic E-state index is 10.7. The van der Waals surface area contributed by atoms with Crippen molar-refractivity contribution in [3.63, 3.8) is 0 Å². The fraction of sp³-hybridized carbons (Fsp3) is 0.188. The number of pyridine rings is 1. The Kier molecular flexibility index (Phi) is 5.91. The molecule has 22 heavy (non-hydrogen) atoms. The number of hydrazone groups is 1. The highest BCUT2D eigenvalue weighted by Crippen LogP contribution is 2.20. The predicted octanol–water partition coefficient (Wildman–Crippen LogP) is 3.81. The number of carboxylic acid groups (broad SMARTS) is 1. The number of halogens is 1. The minimum Gasteiger partial charge on any atom is -0.481 e. The highest BCUT2D eigenvalue weighted by Gasteiger charge is 2.07. The lowest BCUT2D eigenvalue weighted by Crippen LogP contribution is -2.08. The first-order valence-corrected chi connectivity index (χ1v) is 7.25. The highest BCUT2D eigenvalue weighted by atomic mass is 35.5. The maximum absolute atomic E-state index is 10.7.